The average molecular weight is 366 g/mol. The minimum atomic E-state index is -0.423. The second-order valence-corrected chi connectivity index (χ2v) is 7.03. The van der Waals surface area contributed by atoms with Crippen molar-refractivity contribution in [2.75, 3.05) is 12.9 Å². The molecule has 1 atom stereocenters. The quantitative estimate of drug-likeness (QED) is 0.896. The largest absolute Gasteiger partial charge is 0.497 e. The fourth-order valence-electron chi connectivity index (χ4n) is 3.05. The van der Waals surface area contributed by atoms with Gasteiger partial charge in [-0.25, -0.2) is 5.01 Å². The Morgan fingerprint density at radius 3 is 2.88 bits per heavy atom. The van der Waals surface area contributed by atoms with E-state index >= 15 is 0 Å². The first-order valence-corrected chi connectivity index (χ1v) is 9.33. The topological polar surface area (TPSA) is 66.3 Å². The Hall–Kier alpha value is -2.80. The third kappa shape index (κ3) is 2.84. The molecule has 0 aliphatic carbocycles. The van der Waals surface area contributed by atoms with Crippen LogP contribution in [0.25, 0.3) is 5.70 Å². The number of nitrogens with one attached hydrogen (secondary N) is 1. The number of para-hydroxylation sites is 1. The summed E-state index contributed by atoms with van der Waals surface area (Å²) in [6.45, 7) is 2.02. The van der Waals surface area contributed by atoms with E-state index in [2.05, 4.69) is 10.4 Å². The molecule has 2 aliphatic rings. The van der Waals surface area contributed by atoms with E-state index in [0.29, 0.717) is 10.9 Å². The lowest BCUT2D eigenvalue weighted by Crippen LogP contribution is -2.50. The first-order valence-electron chi connectivity index (χ1n) is 8.34. The highest BCUT2D eigenvalue weighted by molar-refractivity contribution is 8.13. The van der Waals surface area contributed by atoms with E-state index in [1.165, 1.54) is 11.8 Å². The molecular formula is C19H18N4O2S. The molecule has 132 valence electrons. The monoisotopic (exact) mass is 366 g/mol. The molecule has 0 saturated heterocycles. The van der Waals surface area contributed by atoms with Crippen LogP contribution < -0.4 is 20.6 Å². The Kier molecular flexibility index (Phi) is 4.38. The summed E-state index contributed by atoms with van der Waals surface area (Å²) in [5, 5.41) is 11.4. The van der Waals surface area contributed by atoms with Gasteiger partial charge in [0.15, 0.2) is 11.3 Å². The number of rotatable bonds is 3. The SMILES string of the molecule is CCSC1=NN2C(=c3ccccc3=N[C@H]2c2cccc(OC)c2)C(=O)N1. The molecule has 0 saturated carbocycles. The van der Waals surface area contributed by atoms with Crippen LogP contribution >= 0.6 is 11.8 Å². The highest BCUT2D eigenvalue weighted by atomic mass is 32.2. The van der Waals surface area contributed by atoms with Gasteiger partial charge in [0.1, 0.15) is 11.4 Å². The first kappa shape index (κ1) is 16.7. The van der Waals surface area contributed by atoms with Gasteiger partial charge < -0.3 is 4.74 Å². The zero-order valence-electron chi connectivity index (χ0n) is 14.5. The summed E-state index contributed by atoms with van der Waals surface area (Å²) in [7, 11) is 1.63. The van der Waals surface area contributed by atoms with Crippen LogP contribution in [0.5, 0.6) is 5.75 Å². The molecule has 2 aliphatic heterocycles. The molecule has 0 aromatic heterocycles. The van der Waals surface area contributed by atoms with E-state index < -0.39 is 6.17 Å². The molecule has 2 heterocycles. The van der Waals surface area contributed by atoms with Crippen molar-refractivity contribution in [1.29, 1.82) is 0 Å². The molecule has 1 amide bonds. The Labute approximate surface area is 155 Å². The minimum absolute atomic E-state index is 0.161. The fraction of sp³-hybridized carbons (Fsp3) is 0.211. The number of benzene rings is 2. The molecule has 0 fully saturated rings. The van der Waals surface area contributed by atoms with Crippen LogP contribution in [0.4, 0.5) is 0 Å². The van der Waals surface area contributed by atoms with Crippen molar-refractivity contribution in [2.45, 2.75) is 13.1 Å². The van der Waals surface area contributed by atoms with E-state index in [1.54, 1.807) is 12.1 Å². The third-order valence-corrected chi connectivity index (χ3v) is 4.93. The number of thioether (sulfide) groups is 1. The van der Waals surface area contributed by atoms with Crippen LogP contribution in [0.3, 0.4) is 0 Å². The van der Waals surface area contributed by atoms with Crippen molar-refractivity contribution >= 4 is 28.5 Å². The summed E-state index contributed by atoms with van der Waals surface area (Å²) in [6, 6.07) is 15.3. The number of hydrazone groups is 1. The number of amidine groups is 1. The summed E-state index contributed by atoms with van der Waals surface area (Å²) >= 11 is 1.49. The van der Waals surface area contributed by atoms with Gasteiger partial charge in [-0.2, -0.15) is 0 Å². The van der Waals surface area contributed by atoms with Gasteiger partial charge in [-0.15, -0.1) is 5.10 Å². The Morgan fingerprint density at radius 2 is 2.08 bits per heavy atom. The molecule has 2 aromatic rings. The van der Waals surface area contributed by atoms with E-state index in [9.17, 15) is 4.79 Å². The Balaban J connectivity index is 1.93. The number of amides is 1. The van der Waals surface area contributed by atoms with Crippen molar-refractivity contribution in [3.8, 4) is 5.75 Å². The lowest BCUT2D eigenvalue weighted by atomic mass is 10.1. The smallest absolute Gasteiger partial charge is 0.276 e. The maximum atomic E-state index is 12.8. The van der Waals surface area contributed by atoms with Crippen LogP contribution in [0.15, 0.2) is 58.6 Å². The normalized spacial score (nSPS) is 18.3. The molecule has 0 radical (unpaired) electrons. The maximum Gasteiger partial charge on any atom is 0.276 e. The fourth-order valence-corrected chi connectivity index (χ4v) is 3.63. The van der Waals surface area contributed by atoms with Gasteiger partial charge in [0.05, 0.1) is 12.5 Å². The first-order chi connectivity index (χ1) is 12.7. The number of hydrogen-bond donors (Lipinski definition) is 1. The lowest BCUT2D eigenvalue weighted by Gasteiger charge is -2.34. The summed E-state index contributed by atoms with van der Waals surface area (Å²) < 4.78 is 5.35. The van der Waals surface area contributed by atoms with E-state index in [1.807, 2.05) is 55.5 Å². The van der Waals surface area contributed by atoms with Gasteiger partial charge in [0.2, 0.25) is 0 Å². The summed E-state index contributed by atoms with van der Waals surface area (Å²) in [6.07, 6.45) is -0.423. The van der Waals surface area contributed by atoms with E-state index in [-0.39, 0.29) is 5.91 Å². The van der Waals surface area contributed by atoms with Gasteiger partial charge in [0.25, 0.3) is 5.91 Å². The number of carbonyl (C=O) groups excluding carboxylic acids is 1. The molecule has 4 rings (SSSR count). The molecule has 0 unspecified atom stereocenters. The highest BCUT2D eigenvalue weighted by Gasteiger charge is 2.34. The van der Waals surface area contributed by atoms with Gasteiger partial charge in [0, 0.05) is 10.8 Å². The Bertz CT molecular complexity index is 1020. The second kappa shape index (κ2) is 6.84. The van der Waals surface area contributed by atoms with Gasteiger partial charge >= 0.3 is 0 Å². The number of methoxy groups -OCH3 is 1. The predicted octanol–water partition coefficient (Wildman–Crippen LogP) is 1.59. The van der Waals surface area contributed by atoms with Crippen LogP contribution in [0.2, 0.25) is 0 Å². The van der Waals surface area contributed by atoms with Crippen molar-refractivity contribution in [2.24, 2.45) is 10.1 Å². The number of ether oxygens (including phenoxy) is 1. The van der Waals surface area contributed by atoms with Crippen LogP contribution in [0, 0.1) is 0 Å². The molecule has 6 nitrogen and oxygen atoms in total. The third-order valence-electron chi connectivity index (χ3n) is 4.19. The molecule has 7 heteroatoms. The number of carbonyl (C=O) groups is 1. The van der Waals surface area contributed by atoms with Crippen LogP contribution in [-0.4, -0.2) is 28.9 Å². The van der Waals surface area contributed by atoms with Crippen LogP contribution in [-0.2, 0) is 4.79 Å². The molecule has 2 aromatic carbocycles. The molecular weight excluding hydrogens is 348 g/mol. The maximum absolute atomic E-state index is 12.8. The highest BCUT2D eigenvalue weighted by Crippen LogP contribution is 2.32. The van der Waals surface area contributed by atoms with Crippen molar-refractivity contribution in [3.05, 3.63) is 64.7 Å². The van der Waals surface area contributed by atoms with Gasteiger partial charge in [-0.1, -0.05) is 49.0 Å². The van der Waals surface area contributed by atoms with Crippen molar-refractivity contribution < 1.29 is 9.53 Å². The van der Waals surface area contributed by atoms with E-state index in [0.717, 1.165) is 27.6 Å². The zero-order valence-corrected chi connectivity index (χ0v) is 15.3. The summed E-state index contributed by atoms with van der Waals surface area (Å²) in [5.41, 5.74) is 1.43. The van der Waals surface area contributed by atoms with Gasteiger partial charge in [-0.05, 0) is 24.0 Å². The number of nitrogens with zero attached hydrogens (tertiary/aromatic N) is 3. The molecule has 0 spiro atoms. The standard InChI is InChI=1S/C19H18N4O2S/c1-3-26-19-21-18(24)16-14-9-4-5-10-15(14)20-17(23(16)22-19)12-7-6-8-13(11-12)25-2/h4-11,17H,3H2,1-2H3,(H,21,22,24)/t17-/m1/s1. The predicted molar refractivity (Wildman–Crippen MR) is 102 cm³/mol. The molecule has 26 heavy (non-hydrogen) atoms. The average Bonchev–Trinajstić information content (AvgIpc) is 2.67. The Morgan fingerprint density at radius 1 is 1.23 bits per heavy atom. The second-order valence-electron chi connectivity index (χ2n) is 5.78. The number of fused-ring (bicyclic) bond motifs is 2. The molecule has 0 bridgehead atoms. The summed E-state index contributed by atoms with van der Waals surface area (Å²) in [4.78, 5) is 17.7. The lowest BCUT2D eigenvalue weighted by molar-refractivity contribution is -0.116. The van der Waals surface area contributed by atoms with Crippen molar-refractivity contribution in [1.82, 2.24) is 10.3 Å². The molecule has 1 N–H and O–H groups in total. The van der Waals surface area contributed by atoms with E-state index in [4.69, 9.17) is 9.73 Å². The van der Waals surface area contributed by atoms with Crippen LogP contribution in [0.1, 0.15) is 18.7 Å². The van der Waals surface area contributed by atoms with Crippen molar-refractivity contribution in [3.63, 3.8) is 0 Å². The zero-order chi connectivity index (χ0) is 18.1. The number of hydrogen-bond acceptors (Lipinski definition) is 6. The minimum Gasteiger partial charge on any atom is -0.497 e. The summed E-state index contributed by atoms with van der Waals surface area (Å²) in [5.74, 6) is 1.40. The van der Waals surface area contributed by atoms with Gasteiger partial charge in [-0.3, -0.25) is 15.1 Å².